The quantitative estimate of drug-likeness (QED) is 0.691. The van der Waals surface area contributed by atoms with Gasteiger partial charge in [-0.1, -0.05) is 18.7 Å². The van der Waals surface area contributed by atoms with Crippen LogP contribution in [0.3, 0.4) is 0 Å². The van der Waals surface area contributed by atoms with E-state index in [9.17, 15) is 13.6 Å². The highest BCUT2D eigenvalue weighted by molar-refractivity contribution is 5.74. The Morgan fingerprint density at radius 1 is 1.40 bits per heavy atom. The number of anilines is 1. The fourth-order valence-corrected chi connectivity index (χ4v) is 2.43. The second-order valence-corrected chi connectivity index (χ2v) is 5.75. The topological polar surface area (TPSA) is 29.5 Å². The van der Waals surface area contributed by atoms with Gasteiger partial charge < -0.3 is 9.64 Å². The Kier molecular flexibility index (Phi) is 6.28. The molecule has 0 saturated carbocycles. The van der Waals surface area contributed by atoms with E-state index in [0.717, 1.165) is 11.1 Å². The number of carbonyl (C=O) groups is 1. The molecule has 5 heteroatoms. The van der Waals surface area contributed by atoms with Crippen LogP contribution in [0.5, 0.6) is 0 Å². The molecule has 132 valence electrons. The van der Waals surface area contributed by atoms with Gasteiger partial charge in [-0.3, -0.25) is 4.79 Å². The van der Waals surface area contributed by atoms with Crippen molar-refractivity contribution in [1.29, 1.82) is 0 Å². The van der Waals surface area contributed by atoms with E-state index in [4.69, 9.17) is 0 Å². The van der Waals surface area contributed by atoms with Crippen LogP contribution in [0.25, 0.3) is 0 Å². The van der Waals surface area contributed by atoms with Crippen molar-refractivity contribution in [2.24, 2.45) is 0 Å². The Balaban J connectivity index is 2.32. The summed E-state index contributed by atoms with van der Waals surface area (Å²) in [5.41, 5.74) is 2.92. The molecular formula is C20H21F2NO2. The summed E-state index contributed by atoms with van der Waals surface area (Å²) in [4.78, 5) is 13.3. The van der Waals surface area contributed by atoms with E-state index in [-0.39, 0.29) is 12.2 Å². The number of carbonyl (C=O) groups excluding carboxylic acids is 1. The normalized spacial score (nSPS) is 17.0. The third-order valence-electron chi connectivity index (χ3n) is 3.85. The fraction of sp³-hybridized carbons (Fsp3) is 0.250. The van der Waals surface area contributed by atoms with Crippen LogP contribution in [0.2, 0.25) is 0 Å². The summed E-state index contributed by atoms with van der Waals surface area (Å²) < 4.78 is 31.1. The molecule has 0 radical (unpaired) electrons. The molecule has 0 amide bonds. The molecule has 1 aliphatic carbocycles. The van der Waals surface area contributed by atoms with Gasteiger partial charge in [-0.25, -0.2) is 8.78 Å². The minimum atomic E-state index is -0.959. The molecular weight excluding hydrogens is 324 g/mol. The van der Waals surface area contributed by atoms with E-state index in [1.165, 1.54) is 25.3 Å². The van der Waals surface area contributed by atoms with Crippen molar-refractivity contribution in [2.45, 2.75) is 25.9 Å². The van der Waals surface area contributed by atoms with Crippen molar-refractivity contribution in [1.82, 2.24) is 0 Å². The number of methoxy groups -OCH3 is 1. The van der Waals surface area contributed by atoms with Crippen molar-refractivity contribution in [3.63, 3.8) is 0 Å². The summed E-state index contributed by atoms with van der Waals surface area (Å²) in [6.45, 7) is 5.83. The molecule has 3 nitrogen and oxygen atoms in total. The third-order valence-corrected chi connectivity index (χ3v) is 3.85. The van der Waals surface area contributed by atoms with Crippen LogP contribution in [-0.4, -0.2) is 19.3 Å². The molecule has 1 aromatic rings. The van der Waals surface area contributed by atoms with Crippen molar-refractivity contribution < 1.29 is 18.3 Å². The zero-order chi connectivity index (χ0) is 18.4. The molecule has 1 atom stereocenters. The zero-order valence-corrected chi connectivity index (χ0v) is 14.3. The van der Waals surface area contributed by atoms with Crippen molar-refractivity contribution in [3.8, 4) is 0 Å². The fourth-order valence-electron chi connectivity index (χ4n) is 2.43. The summed E-state index contributed by atoms with van der Waals surface area (Å²) in [5.74, 6) is -0.768. The first-order valence-electron chi connectivity index (χ1n) is 7.91. The number of benzene rings is 1. The SMILES string of the molecule is C=C(CC(=O)OC)N(/C=C(\C)C1=CCC(F)C=C1)c1ccc(F)cc1. The summed E-state index contributed by atoms with van der Waals surface area (Å²) in [6.07, 6.45) is 6.23. The van der Waals surface area contributed by atoms with Gasteiger partial charge in [0.15, 0.2) is 0 Å². The Hall–Kier alpha value is -2.69. The summed E-state index contributed by atoms with van der Waals surface area (Å²) in [6, 6.07) is 5.88. The van der Waals surface area contributed by atoms with Crippen molar-refractivity contribution >= 4 is 11.7 Å². The lowest BCUT2D eigenvalue weighted by Gasteiger charge is -2.24. The predicted molar refractivity (Wildman–Crippen MR) is 95.1 cm³/mol. The van der Waals surface area contributed by atoms with Crippen molar-refractivity contribution in [3.05, 3.63) is 77.9 Å². The molecule has 0 heterocycles. The van der Waals surface area contributed by atoms with E-state index in [2.05, 4.69) is 11.3 Å². The van der Waals surface area contributed by atoms with Crippen LogP contribution >= 0.6 is 0 Å². The minimum Gasteiger partial charge on any atom is -0.469 e. The Bertz CT molecular complexity index is 733. The molecule has 0 N–H and O–H groups in total. The highest BCUT2D eigenvalue weighted by Gasteiger charge is 2.14. The standard InChI is InChI=1S/C20H21F2NO2/c1-14(16-4-6-17(21)7-5-16)13-23(15(2)12-20(24)25-3)19-10-8-18(22)9-11-19/h4-6,8-11,13,17H,2,7,12H2,1,3H3/b14-13+. The Morgan fingerprint density at radius 2 is 2.08 bits per heavy atom. The highest BCUT2D eigenvalue weighted by atomic mass is 19.1. The molecule has 1 aromatic carbocycles. The second kappa shape index (κ2) is 8.42. The average molecular weight is 345 g/mol. The molecule has 2 rings (SSSR count). The number of nitrogens with zero attached hydrogens (tertiary/aromatic N) is 1. The smallest absolute Gasteiger partial charge is 0.311 e. The summed E-state index contributed by atoms with van der Waals surface area (Å²) in [5, 5.41) is 0. The van der Waals surface area contributed by atoms with E-state index < -0.39 is 12.1 Å². The number of ether oxygens (including phenoxy) is 1. The summed E-state index contributed by atoms with van der Waals surface area (Å²) in [7, 11) is 1.31. The first-order chi connectivity index (χ1) is 11.9. The number of hydrogen-bond acceptors (Lipinski definition) is 3. The number of rotatable bonds is 6. The molecule has 1 aliphatic rings. The lowest BCUT2D eigenvalue weighted by molar-refractivity contribution is -0.139. The van der Waals surface area contributed by atoms with E-state index in [1.54, 1.807) is 29.3 Å². The van der Waals surface area contributed by atoms with Crippen LogP contribution in [0.4, 0.5) is 14.5 Å². The summed E-state index contributed by atoms with van der Waals surface area (Å²) >= 11 is 0. The monoisotopic (exact) mass is 345 g/mol. The lowest BCUT2D eigenvalue weighted by Crippen LogP contribution is -2.19. The van der Waals surface area contributed by atoms with Gasteiger partial charge in [0.2, 0.25) is 0 Å². The maximum Gasteiger partial charge on any atom is 0.311 e. The molecule has 0 aromatic heterocycles. The molecule has 0 fully saturated rings. The molecule has 0 saturated heterocycles. The van der Waals surface area contributed by atoms with Gasteiger partial charge in [-0.05, 0) is 48.4 Å². The third kappa shape index (κ3) is 5.14. The lowest BCUT2D eigenvalue weighted by atomic mass is 10.0. The van der Waals surface area contributed by atoms with Crippen LogP contribution < -0.4 is 4.90 Å². The van der Waals surface area contributed by atoms with Gasteiger partial charge in [0.1, 0.15) is 12.0 Å². The number of hydrogen-bond donors (Lipinski definition) is 0. The maximum absolute atomic E-state index is 13.2. The van der Waals surface area contributed by atoms with Gasteiger partial charge in [-0.15, -0.1) is 0 Å². The van der Waals surface area contributed by atoms with Gasteiger partial charge >= 0.3 is 5.97 Å². The van der Waals surface area contributed by atoms with E-state index in [0.29, 0.717) is 17.8 Å². The number of esters is 1. The molecule has 0 bridgehead atoms. The molecule has 1 unspecified atom stereocenters. The first kappa shape index (κ1) is 18.6. The minimum absolute atomic E-state index is 0.000895. The maximum atomic E-state index is 13.2. The van der Waals surface area contributed by atoms with Crippen LogP contribution in [0, 0.1) is 5.82 Å². The Labute approximate surface area is 146 Å². The van der Waals surface area contributed by atoms with Crippen LogP contribution in [0.15, 0.2) is 72.1 Å². The number of allylic oxidation sites excluding steroid dienone is 5. The van der Waals surface area contributed by atoms with Gasteiger partial charge in [0.05, 0.1) is 13.5 Å². The molecule has 25 heavy (non-hydrogen) atoms. The van der Waals surface area contributed by atoms with Crippen molar-refractivity contribution in [2.75, 3.05) is 12.0 Å². The van der Waals surface area contributed by atoms with Gasteiger partial charge in [0.25, 0.3) is 0 Å². The number of alkyl halides is 1. The zero-order valence-electron chi connectivity index (χ0n) is 14.3. The van der Waals surface area contributed by atoms with Crippen LogP contribution in [-0.2, 0) is 9.53 Å². The van der Waals surface area contributed by atoms with E-state index in [1.807, 2.05) is 13.0 Å². The largest absolute Gasteiger partial charge is 0.469 e. The second-order valence-electron chi connectivity index (χ2n) is 5.75. The number of halogens is 2. The van der Waals surface area contributed by atoms with Gasteiger partial charge in [0, 0.05) is 24.0 Å². The predicted octanol–water partition coefficient (Wildman–Crippen LogP) is 4.84. The first-order valence-corrected chi connectivity index (χ1v) is 7.91. The highest BCUT2D eigenvalue weighted by Crippen LogP contribution is 2.26. The Morgan fingerprint density at radius 3 is 2.64 bits per heavy atom. The molecule has 0 aliphatic heterocycles. The van der Waals surface area contributed by atoms with E-state index >= 15 is 0 Å². The average Bonchev–Trinajstić information content (AvgIpc) is 2.60. The molecule has 0 spiro atoms. The van der Waals surface area contributed by atoms with Gasteiger partial charge in [-0.2, -0.15) is 0 Å². The van der Waals surface area contributed by atoms with Crippen LogP contribution in [0.1, 0.15) is 19.8 Å².